The van der Waals surface area contributed by atoms with Gasteiger partial charge < -0.3 is 9.45 Å². The van der Waals surface area contributed by atoms with Gasteiger partial charge in [-0.2, -0.15) is 4.57 Å². The van der Waals surface area contributed by atoms with E-state index >= 15 is 0 Å². The van der Waals surface area contributed by atoms with Crippen molar-refractivity contribution in [1.29, 1.82) is 0 Å². The van der Waals surface area contributed by atoms with Crippen molar-refractivity contribution < 1.29 is 17.5 Å². The van der Waals surface area contributed by atoms with Crippen LogP contribution in [0.25, 0.3) is 23.1 Å². The fourth-order valence-corrected chi connectivity index (χ4v) is 5.58. The molecule has 0 saturated carbocycles. The van der Waals surface area contributed by atoms with Crippen LogP contribution in [0.2, 0.25) is 0 Å². The van der Waals surface area contributed by atoms with Crippen LogP contribution in [0.15, 0.2) is 60.8 Å². The second-order valence-corrected chi connectivity index (χ2v) is 12.0. The number of fused-ring (bicyclic) bond motifs is 1. The van der Waals surface area contributed by atoms with Gasteiger partial charge in [0.2, 0.25) is 5.52 Å². The fourth-order valence-electron chi connectivity index (χ4n) is 5.02. The number of aryl methyl sites for hydroxylation is 1. The monoisotopic (exact) mass is 550 g/mol. The van der Waals surface area contributed by atoms with Gasteiger partial charge in [-0.1, -0.05) is 88.8 Å². The lowest BCUT2D eigenvalue weighted by Crippen LogP contribution is -2.34. The molecular weight excluding hydrogens is 504 g/mol. The molecule has 0 saturated heterocycles. The van der Waals surface area contributed by atoms with Crippen molar-refractivity contribution in [2.24, 2.45) is 0 Å². The quantitative estimate of drug-likeness (QED) is 0.0930. The van der Waals surface area contributed by atoms with E-state index in [2.05, 4.69) is 77.9 Å². The highest BCUT2D eigenvalue weighted by molar-refractivity contribution is 7.85. The second kappa shape index (κ2) is 16.4. The van der Waals surface area contributed by atoms with Gasteiger partial charge in [0.05, 0.1) is 15.5 Å². The molecule has 3 rings (SSSR count). The summed E-state index contributed by atoms with van der Waals surface area (Å²) in [5.41, 5.74) is 4.73. The lowest BCUT2D eigenvalue weighted by Gasteiger charge is -2.25. The molecular formula is C33H46N2O3S. The van der Waals surface area contributed by atoms with Gasteiger partial charge in [-0.05, 0) is 48.6 Å². The molecule has 0 unspecified atom stereocenters. The Bertz CT molecular complexity index is 1260. The number of hydrogen-bond acceptors (Lipinski definition) is 4. The summed E-state index contributed by atoms with van der Waals surface area (Å²) in [4.78, 5) is 2.56. The van der Waals surface area contributed by atoms with Crippen molar-refractivity contribution in [3.05, 3.63) is 71.9 Å². The highest BCUT2D eigenvalue weighted by atomic mass is 32.2. The van der Waals surface area contributed by atoms with Gasteiger partial charge in [-0.15, -0.1) is 0 Å². The van der Waals surface area contributed by atoms with Crippen molar-refractivity contribution in [2.45, 2.75) is 84.6 Å². The first-order valence-electron chi connectivity index (χ1n) is 14.8. The average Bonchev–Trinajstić information content (AvgIpc) is 2.93. The minimum absolute atomic E-state index is 0.305. The van der Waals surface area contributed by atoms with E-state index in [0.717, 1.165) is 29.6 Å². The van der Waals surface area contributed by atoms with Crippen LogP contribution in [-0.4, -0.2) is 31.8 Å². The predicted molar refractivity (Wildman–Crippen MR) is 164 cm³/mol. The van der Waals surface area contributed by atoms with Crippen LogP contribution in [0.3, 0.4) is 0 Å². The van der Waals surface area contributed by atoms with Gasteiger partial charge in [0.1, 0.15) is 6.54 Å². The van der Waals surface area contributed by atoms with Crippen LogP contribution in [0, 0.1) is 0 Å². The number of nitrogens with zero attached hydrogens (tertiary/aromatic N) is 2. The Balaban J connectivity index is 1.68. The molecule has 0 amide bonds. The zero-order chi connectivity index (χ0) is 27.9. The van der Waals surface area contributed by atoms with Crippen molar-refractivity contribution in [1.82, 2.24) is 0 Å². The van der Waals surface area contributed by atoms with Crippen LogP contribution in [-0.2, 0) is 16.7 Å². The lowest BCUT2D eigenvalue weighted by atomic mass is 10.1. The molecule has 2 aromatic carbocycles. The van der Waals surface area contributed by atoms with Crippen LogP contribution < -0.4 is 9.47 Å². The summed E-state index contributed by atoms with van der Waals surface area (Å²) >= 11 is 0. The largest absolute Gasteiger partial charge is 0.748 e. The van der Waals surface area contributed by atoms with E-state index in [1.807, 2.05) is 18.3 Å². The summed E-state index contributed by atoms with van der Waals surface area (Å²) in [5, 5.41) is 1.15. The average molecular weight is 551 g/mol. The minimum atomic E-state index is -4.15. The molecule has 0 aliphatic heterocycles. The van der Waals surface area contributed by atoms with Gasteiger partial charge in [0, 0.05) is 43.1 Å². The SMILES string of the molecule is CCCCCCN(CCCCCC)c1ccc(/C=C/c2cc[n+](CCCCS(=O)(=O)[O-])c3ccccc23)cc1. The number of unbranched alkanes of at least 4 members (excludes halogenated alkanes) is 7. The van der Waals surface area contributed by atoms with Gasteiger partial charge >= 0.3 is 0 Å². The van der Waals surface area contributed by atoms with Gasteiger partial charge in [-0.25, -0.2) is 8.42 Å². The first-order chi connectivity index (χ1) is 18.9. The number of aromatic nitrogens is 1. The molecule has 0 atom stereocenters. The molecule has 0 aliphatic rings. The summed E-state index contributed by atoms with van der Waals surface area (Å²) in [5.74, 6) is -0.305. The van der Waals surface area contributed by atoms with Crippen molar-refractivity contribution in [3.8, 4) is 0 Å². The van der Waals surface area contributed by atoms with E-state index in [9.17, 15) is 13.0 Å². The van der Waals surface area contributed by atoms with Gasteiger partial charge in [-0.3, -0.25) is 0 Å². The zero-order valence-corrected chi connectivity index (χ0v) is 24.7. The number of rotatable bonds is 18. The van der Waals surface area contributed by atoms with Crippen molar-refractivity contribution in [2.75, 3.05) is 23.7 Å². The normalized spacial score (nSPS) is 12.0. The maximum Gasteiger partial charge on any atom is 0.213 e. The molecule has 6 heteroatoms. The molecule has 5 nitrogen and oxygen atoms in total. The third kappa shape index (κ3) is 10.8. The van der Waals surface area contributed by atoms with Crippen LogP contribution in [0.5, 0.6) is 0 Å². The smallest absolute Gasteiger partial charge is 0.213 e. The summed E-state index contributed by atoms with van der Waals surface area (Å²) in [6, 6.07) is 19.3. The summed E-state index contributed by atoms with van der Waals surface area (Å²) in [6.45, 7) is 7.46. The molecule has 0 bridgehead atoms. The molecule has 0 radical (unpaired) electrons. The molecule has 1 heterocycles. The molecule has 0 aliphatic carbocycles. The number of pyridine rings is 1. The van der Waals surface area contributed by atoms with Crippen molar-refractivity contribution >= 4 is 38.9 Å². The number of benzene rings is 2. The molecule has 212 valence electrons. The summed E-state index contributed by atoms with van der Waals surface area (Å²) in [6.07, 6.45) is 17.7. The first kappa shape index (κ1) is 30.8. The maximum absolute atomic E-state index is 10.9. The van der Waals surface area contributed by atoms with E-state index in [-0.39, 0.29) is 5.75 Å². The molecule has 1 aromatic heterocycles. The Morgan fingerprint density at radius 3 is 2.08 bits per heavy atom. The number of hydrogen-bond donors (Lipinski definition) is 0. The Morgan fingerprint density at radius 2 is 1.44 bits per heavy atom. The Morgan fingerprint density at radius 1 is 0.769 bits per heavy atom. The van der Waals surface area contributed by atoms with E-state index in [0.29, 0.717) is 19.4 Å². The van der Waals surface area contributed by atoms with E-state index < -0.39 is 10.1 Å². The highest BCUT2D eigenvalue weighted by Gasteiger charge is 2.11. The Labute approximate surface area is 236 Å². The Kier molecular flexibility index (Phi) is 13.0. The van der Waals surface area contributed by atoms with E-state index in [4.69, 9.17) is 0 Å². The lowest BCUT2D eigenvalue weighted by molar-refractivity contribution is -0.671. The highest BCUT2D eigenvalue weighted by Crippen LogP contribution is 2.21. The van der Waals surface area contributed by atoms with Crippen LogP contribution in [0.1, 0.15) is 89.2 Å². The molecule has 0 spiro atoms. The van der Waals surface area contributed by atoms with E-state index in [1.165, 1.54) is 62.6 Å². The number of anilines is 1. The summed E-state index contributed by atoms with van der Waals surface area (Å²) in [7, 11) is -4.15. The van der Waals surface area contributed by atoms with Gasteiger partial charge in [0.15, 0.2) is 6.20 Å². The molecule has 3 aromatic rings. The standard InChI is InChI=1S/C33H46N2O3S/c1-3-5-7-11-24-34(25-12-8-6-4-2)31-21-18-29(19-22-31)17-20-30-23-27-35(26-13-14-28-39(36,37)38)33-16-10-9-15-32(30)33/h9-10,15-23,27H,3-8,11-14,24-26,28H2,1-2H3. The third-order valence-corrected chi connectivity index (χ3v) is 8.07. The van der Waals surface area contributed by atoms with Crippen molar-refractivity contribution in [3.63, 3.8) is 0 Å². The first-order valence-corrected chi connectivity index (χ1v) is 16.4. The molecule has 0 fully saturated rings. The van der Waals surface area contributed by atoms with Gasteiger partial charge in [0.25, 0.3) is 0 Å². The number of para-hydroxylation sites is 1. The van der Waals surface area contributed by atoms with Crippen LogP contribution in [0.4, 0.5) is 5.69 Å². The van der Waals surface area contributed by atoms with E-state index in [1.54, 1.807) is 0 Å². The molecule has 0 N–H and O–H groups in total. The third-order valence-electron chi connectivity index (χ3n) is 7.28. The topological polar surface area (TPSA) is 64.3 Å². The Hall–Kier alpha value is -2.70. The predicted octanol–water partition coefficient (Wildman–Crippen LogP) is 7.59. The second-order valence-electron chi connectivity index (χ2n) is 10.5. The molecule has 39 heavy (non-hydrogen) atoms. The summed E-state index contributed by atoms with van der Waals surface area (Å²) < 4.78 is 34.8. The zero-order valence-electron chi connectivity index (χ0n) is 23.9. The minimum Gasteiger partial charge on any atom is -0.748 e. The maximum atomic E-state index is 10.9. The fraction of sp³-hybridized carbons (Fsp3) is 0.485. The van der Waals surface area contributed by atoms with Crippen LogP contribution >= 0.6 is 0 Å².